The maximum atomic E-state index is 13.1. The zero-order chi connectivity index (χ0) is 22.3. The molecule has 0 atom stereocenters. The number of carbonyl (C=O) groups excluding carboxylic acids is 1. The van der Waals surface area contributed by atoms with Gasteiger partial charge in [-0.2, -0.15) is 0 Å². The molecule has 1 heterocycles. The molecular weight excluding hydrogens is 429 g/mol. The van der Waals surface area contributed by atoms with Crippen molar-refractivity contribution in [1.82, 2.24) is 0 Å². The normalized spacial score (nSPS) is 14.2. The van der Waals surface area contributed by atoms with Gasteiger partial charge in [-0.25, -0.2) is 14.2 Å². The van der Waals surface area contributed by atoms with Crippen molar-refractivity contribution in [3.63, 3.8) is 0 Å². The lowest BCUT2D eigenvalue weighted by molar-refractivity contribution is -0.129. The molecule has 0 aromatic heterocycles. The molecule has 0 radical (unpaired) electrons. The monoisotopic (exact) mass is 449 g/mol. The number of rotatable bonds is 8. The summed E-state index contributed by atoms with van der Waals surface area (Å²) in [5.41, 5.74) is 1.39. The third-order valence-electron chi connectivity index (χ3n) is 4.56. The number of nitrogens with zero attached hydrogens (tertiary/aromatic N) is 1. The number of hydrogen-bond acceptors (Lipinski definition) is 6. The molecule has 0 bridgehead atoms. The summed E-state index contributed by atoms with van der Waals surface area (Å²) in [4.78, 5) is 17.6. The molecule has 3 aromatic rings. The number of ether oxygens (including phenoxy) is 3. The molecule has 32 heavy (non-hydrogen) atoms. The predicted molar refractivity (Wildman–Crippen MR) is 123 cm³/mol. The number of methoxy groups -OCH3 is 1. The first-order chi connectivity index (χ1) is 15.6. The second-order valence-corrected chi connectivity index (χ2v) is 7.93. The lowest BCUT2D eigenvalue weighted by Crippen LogP contribution is -2.05. The van der Waals surface area contributed by atoms with E-state index in [1.54, 1.807) is 37.1 Å². The van der Waals surface area contributed by atoms with Gasteiger partial charge in [-0.05, 0) is 60.2 Å². The Hall–Kier alpha value is -3.58. The first-order valence-corrected chi connectivity index (χ1v) is 10.9. The third-order valence-corrected chi connectivity index (χ3v) is 5.53. The van der Waals surface area contributed by atoms with Crippen LogP contribution in [0.4, 0.5) is 4.39 Å². The van der Waals surface area contributed by atoms with Gasteiger partial charge >= 0.3 is 5.97 Å². The van der Waals surface area contributed by atoms with Crippen LogP contribution in [0.25, 0.3) is 6.08 Å². The van der Waals surface area contributed by atoms with Gasteiger partial charge in [0, 0.05) is 16.2 Å². The first-order valence-electron chi connectivity index (χ1n) is 9.89. The molecule has 0 N–H and O–H groups in total. The second-order valence-electron chi connectivity index (χ2n) is 6.76. The minimum absolute atomic E-state index is 0.143. The van der Waals surface area contributed by atoms with Crippen LogP contribution in [0.2, 0.25) is 0 Å². The van der Waals surface area contributed by atoms with Crippen molar-refractivity contribution in [2.24, 2.45) is 4.99 Å². The maximum absolute atomic E-state index is 13.1. The van der Waals surface area contributed by atoms with Gasteiger partial charge in [0.15, 0.2) is 17.2 Å². The maximum Gasteiger partial charge on any atom is 0.363 e. The molecule has 3 aromatic carbocycles. The van der Waals surface area contributed by atoms with E-state index >= 15 is 0 Å². The number of esters is 1. The van der Waals surface area contributed by atoms with E-state index in [2.05, 4.69) is 17.1 Å². The molecule has 0 amide bonds. The average molecular weight is 450 g/mol. The van der Waals surface area contributed by atoms with Gasteiger partial charge in [0.05, 0.1) is 13.7 Å². The summed E-state index contributed by atoms with van der Waals surface area (Å²) in [6, 6.07) is 21.1. The topological polar surface area (TPSA) is 57.1 Å². The van der Waals surface area contributed by atoms with Crippen molar-refractivity contribution in [2.45, 2.75) is 4.90 Å². The lowest BCUT2D eigenvalue weighted by Gasteiger charge is -2.11. The SMILES string of the molecule is COc1cc(C=C2N=C(c3ccc(F)cc3)OC2=O)ccc1OCCSc1ccccc1. The quantitative estimate of drug-likeness (QED) is 0.201. The highest BCUT2D eigenvalue weighted by Crippen LogP contribution is 2.30. The number of halogens is 1. The van der Waals surface area contributed by atoms with E-state index in [0.29, 0.717) is 29.2 Å². The summed E-state index contributed by atoms with van der Waals surface area (Å²) in [6.07, 6.45) is 1.61. The summed E-state index contributed by atoms with van der Waals surface area (Å²) in [6.45, 7) is 0.522. The van der Waals surface area contributed by atoms with Crippen LogP contribution in [0.3, 0.4) is 0 Å². The minimum Gasteiger partial charge on any atom is -0.493 e. The molecule has 0 fully saturated rings. The molecule has 1 aliphatic rings. The van der Waals surface area contributed by atoms with Crippen molar-refractivity contribution in [3.05, 3.63) is 95.4 Å². The largest absolute Gasteiger partial charge is 0.493 e. The van der Waals surface area contributed by atoms with E-state index in [0.717, 1.165) is 5.75 Å². The second kappa shape index (κ2) is 10.2. The van der Waals surface area contributed by atoms with Crippen LogP contribution in [0.5, 0.6) is 11.5 Å². The lowest BCUT2D eigenvalue weighted by atomic mass is 10.1. The van der Waals surface area contributed by atoms with Gasteiger partial charge in [-0.15, -0.1) is 11.8 Å². The van der Waals surface area contributed by atoms with E-state index in [1.165, 1.54) is 29.2 Å². The third kappa shape index (κ3) is 5.36. The number of carbonyl (C=O) groups is 1. The standard InChI is InChI=1S/C25H20FNO4S/c1-29-23-16-17(7-12-22(23)30-13-14-32-20-5-3-2-4-6-20)15-21-25(28)31-24(27-21)18-8-10-19(26)11-9-18/h2-12,15-16H,13-14H2,1H3. The van der Waals surface area contributed by atoms with Crippen molar-refractivity contribution in [2.75, 3.05) is 19.5 Å². The molecule has 0 saturated carbocycles. The van der Waals surface area contributed by atoms with Gasteiger partial charge in [0.2, 0.25) is 5.90 Å². The van der Waals surface area contributed by atoms with E-state index in [1.807, 2.05) is 24.3 Å². The van der Waals surface area contributed by atoms with E-state index in [9.17, 15) is 9.18 Å². The fourth-order valence-electron chi connectivity index (χ4n) is 3.00. The molecule has 0 spiro atoms. The minimum atomic E-state index is -0.568. The average Bonchev–Trinajstić information content (AvgIpc) is 3.18. The van der Waals surface area contributed by atoms with Crippen LogP contribution in [-0.4, -0.2) is 31.3 Å². The highest BCUT2D eigenvalue weighted by atomic mass is 32.2. The summed E-state index contributed by atoms with van der Waals surface area (Å²) in [5.74, 6) is 1.17. The zero-order valence-electron chi connectivity index (χ0n) is 17.3. The van der Waals surface area contributed by atoms with Crippen LogP contribution >= 0.6 is 11.8 Å². The van der Waals surface area contributed by atoms with E-state index < -0.39 is 5.97 Å². The predicted octanol–water partition coefficient (Wildman–Crippen LogP) is 5.35. The smallest absolute Gasteiger partial charge is 0.363 e. The Balaban J connectivity index is 1.43. The summed E-state index contributed by atoms with van der Waals surface area (Å²) >= 11 is 1.71. The molecular formula is C25H20FNO4S. The van der Waals surface area contributed by atoms with Crippen molar-refractivity contribution in [1.29, 1.82) is 0 Å². The number of thioether (sulfide) groups is 1. The van der Waals surface area contributed by atoms with Crippen LogP contribution in [0, 0.1) is 5.82 Å². The molecule has 162 valence electrons. The van der Waals surface area contributed by atoms with E-state index in [4.69, 9.17) is 14.2 Å². The summed E-state index contributed by atoms with van der Waals surface area (Å²) < 4.78 is 29.6. The Morgan fingerprint density at radius 2 is 1.81 bits per heavy atom. The van der Waals surface area contributed by atoms with Gasteiger partial charge in [-0.3, -0.25) is 0 Å². The van der Waals surface area contributed by atoms with Crippen LogP contribution in [-0.2, 0) is 9.53 Å². The van der Waals surface area contributed by atoms with Crippen molar-refractivity contribution in [3.8, 4) is 11.5 Å². The molecule has 0 saturated heterocycles. The number of aliphatic imine (C=N–C) groups is 1. The fourth-order valence-corrected chi connectivity index (χ4v) is 3.76. The highest BCUT2D eigenvalue weighted by Gasteiger charge is 2.24. The van der Waals surface area contributed by atoms with Gasteiger partial charge in [-0.1, -0.05) is 24.3 Å². The molecule has 5 nitrogen and oxygen atoms in total. The Kier molecular flexibility index (Phi) is 6.87. The molecule has 1 aliphatic heterocycles. The van der Waals surface area contributed by atoms with Gasteiger partial charge < -0.3 is 14.2 Å². The van der Waals surface area contributed by atoms with Crippen molar-refractivity contribution < 1.29 is 23.4 Å². The van der Waals surface area contributed by atoms with Crippen LogP contribution < -0.4 is 9.47 Å². The Morgan fingerprint density at radius 1 is 1.03 bits per heavy atom. The Bertz CT molecular complexity index is 1160. The van der Waals surface area contributed by atoms with Gasteiger partial charge in [0.1, 0.15) is 5.82 Å². The molecule has 0 aliphatic carbocycles. The first kappa shape index (κ1) is 21.6. The van der Waals surface area contributed by atoms with Crippen molar-refractivity contribution >= 4 is 29.7 Å². The summed E-state index contributed by atoms with van der Waals surface area (Å²) in [5, 5.41) is 0. The summed E-state index contributed by atoms with van der Waals surface area (Å²) in [7, 11) is 1.56. The zero-order valence-corrected chi connectivity index (χ0v) is 18.1. The number of benzene rings is 3. The highest BCUT2D eigenvalue weighted by molar-refractivity contribution is 7.99. The van der Waals surface area contributed by atoms with Crippen LogP contribution in [0.15, 0.2) is 88.4 Å². The van der Waals surface area contributed by atoms with Crippen LogP contribution in [0.1, 0.15) is 11.1 Å². The number of cyclic esters (lactones) is 1. The molecule has 7 heteroatoms. The molecule has 0 unspecified atom stereocenters. The Morgan fingerprint density at radius 3 is 2.56 bits per heavy atom. The van der Waals surface area contributed by atoms with E-state index in [-0.39, 0.29) is 17.4 Å². The molecule has 4 rings (SSSR count). The van der Waals surface area contributed by atoms with Gasteiger partial charge in [0.25, 0.3) is 0 Å². The Labute approximate surface area is 189 Å². The number of hydrogen-bond donors (Lipinski definition) is 0. The fraction of sp³-hybridized carbons (Fsp3) is 0.120.